The Morgan fingerprint density at radius 2 is 1.68 bits per heavy atom. The summed E-state index contributed by atoms with van der Waals surface area (Å²) in [6.45, 7) is 2.92. The topological polar surface area (TPSA) is 27.7 Å². The first-order chi connectivity index (χ1) is 10.7. The summed E-state index contributed by atoms with van der Waals surface area (Å²) in [6, 6.07) is 16.4. The van der Waals surface area contributed by atoms with E-state index in [9.17, 15) is 4.39 Å². The molecule has 3 rings (SSSR count). The van der Waals surface area contributed by atoms with Crippen LogP contribution in [0.4, 0.5) is 4.39 Å². The Labute approximate surface area is 129 Å². The summed E-state index contributed by atoms with van der Waals surface area (Å²) in [4.78, 5) is 0. The molecule has 0 aliphatic carbocycles. The van der Waals surface area contributed by atoms with Gasteiger partial charge in [0.15, 0.2) is 6.29 Å². The number of benzene rings is 2. The average Bonchev–Trinajstić information content (AvgIpc) is 2.56. The van der Waals surface area contributed by atoms with Crippen molar-refractivity contribution in [2.75, 3.05) is 13.2 Å². The maximum Gasteiger partial charge on any atom is 0.184 e. The van der Waals surface area contributed by atoms with Crippen molar-refractivity contribution in [2.24, 2.45) is 0 Å². The van der Waals surface area contributed by atoms with Gasteiger partial charge < -0.3 is 14.2 Å². The smallest absolute Gasteiger partial charge is 0.184 e. The lowest BCUT2D eigenvalue weighted by Gasteiger charge is -2.37. The quantitative estimate of drug-likeness (QED) is 0.858. The normalized spacial score (nSPS) is 25.1. The van der Waals surface area contributed by atoms with Crippen molar-refractivity contribution in [3.63, 3.8) is 0 Å². The minimum absolute atomic E-state index is 0.200. The van der Waals surface area contributed by atoms with E-state index in [1.807, 2.05) is 37.3 Å². The van der Waals surface area contributed by atoms with Crippen molar-refractivity contribution in [2.45, 2.75) is 25.4 Å². The molecule has 116 valence electrons. The summed E-state index contributed by atoms with van der Waals surface area (Å²) >= 11 is 0. The summed E-state index contributed by atoms with van der Waals surface area (Å²) in [5, 5.41) is 0. The summed E-state index contributed by atoms with van der Waals surface area (Å²) < 4.78 is 31.0. The molecule has 1 fully saturated rings. The molecule has 2 aromatic carbocycles. The fraction of sp³-hybridized carbons (Fsp3) is 0.333. The molecule has 0 saturated carbocycles. The van der Waals surface area contributed by atoms with Gasteiger partial charge in [-0.15, -0.1) is 0 Å². The van der Waals surface area contributed by atoms with Crippen LogP contribution < -0.4 is 0 Å². The van der Waals surface area contributed by atoms with Crippen molar-refractivity contribution in [1.82, 2.24) is 0 Å². The van der Waals surface area contributed by atoms with Gasteiger partial charge in [0.2, 0.25) is 0 Å². The summed E-state index contributed by atoms with van der Waals surface area (Å²) in [5.74, 6) is -0.258. The van der Waals surface area contributed by atoms with E-state index < -0.39 is 5.60 Å². The zero-order valence-corrected chi connectivity index (χ0v) is 12.5. The van der Waals surface area contributed by atoms with E-state index in [0.29, 0.717) is 18.8 Å². The van der Waals surface area contributed by atoms with Crippen molar-refractivity contribution in [1.29, 1.82) is 0 Å². The fourth-order valence-electron chi connectivity index (χ4n) is 2.35. The molecule has 0 atom stereocenters. The molecule has 1 aliphatic rings. The first kappa shape index (κ1) is 15.2. The summed E-state index contributed by atoms with van der Waals surface area (Å²) in [6.07, 6.45) is -0.369. The lowest BCUT2D eigenvalue weighted by Crippen LogP contribution is -2.44. The zero-order valence-electron chi connectivity index (χ0n) is 12.5. The molecule has 0 bridgehead atoms. The molecule has 1 aliphatic heterocycles. The Morgan fingerprint density at radius 1 is 1.05 bits per heavy atom. The Balaban J connectivity index is 1.57. The standard InChI is InChI=1S/C18H19FO3/c1-18(22-11-15-9-5-6-10-16(15)19)12-20-17(21-13-18)14-7-3-2-4-8-14/h2-10,17H,11-13H2,1H3/t17-,18+. The van der Waals surface area contributed by atoms with Gasteiger partial charge in [-0.1, -0.05) is 48.5 Å². The van der Waals surface area contributed by atoms with Crippen LogP contribution in [0.1, 0.15) is 24.3 Å². The van der Waals surface area contributed by atoms with Gasteiger partial charge in [-0.25, -0.2) is 4.39 Å². The van der Waals surface area contributed by atoms with Gasteiger partial charge >= 0.3 is 0 Å². The Morgan fingerprint density at radius 3 is 2.36 bits per heavy atom. The van der Waals surface area contributed by atoms with Gasteiger partial charge in [-0.05, 0) is 13.0 Å². The summed E-state index contributed by atoms with van der Waals surface area (Å²) in [7, 11) is 0. The highest BCUT2D eigenvalue weighted by Crippen LogP contribution is 2.29. The van der Waals surface area contributed by atoms with Crippen molar-refractivity contribution in [3.8, 4) is 0 Å². The third-order valence-electron chi connectivity index (χ3n) is 3.69. The lowest BCUT2D eigenvalue weighted by atomic mass is 10.1. The average molecular weight is 302 g/mol. The highest BCUT2D eigenvalue weighted by atomic mass is 19.1. The van der Waals surface area contributed by atoms with Crippen molar-refractivity contribution < 1.29 is 18.6 Å². The molecule has 4 heteroatoms. The van der Waals surface area contributed by atoms with Crippen LogP contribution in [0.5, 0.6) is 0 Å². The van der Waals surface area contributed by atoms with E-state index >= 15 is 0 Å². The monoisotopic (exact) mass is 302 g/mol. The molecule has 0 aromatic heterocycles. The van der Waals surface area contributed by atoms with E-state index in [1.165, 1.54) is 6.07 Å². The minimum Gasteiger partial charge on any atom is -0.366 e. The van der Waals surface area contributed by atoms with E-state index in [-0.39, 0.29) is 18.7 Å². The molecule has 3 nitrogen and oxygen atoms in total. The minimum atomic E-state index is -0.576. The van der Waals surface area contributed by atoms with Gasteiger partial charge in [-0.2, -0.15) is 0 Å². The van der Waals surface area contributed by atoms with Crippen LogP contribution in [0.25, 0.3) is 0 Å². The van der Waals surface area contributed by atoms with E-state index in [2.05, 4.69) is 0 Å². The molecule has 0 radical (unpaired) electrons. The van der Waals surface area contributed by atoms with Crippen LogP contribution in [-0.2, 0) is 20.8 Å². The molecule has 0 unspecified atom stereocenters. The van der Waals surface area contributed by atoms with Crippen LogP contribution in [0, 0.1) is 5.82 Å². The van der Waals surface area contributed by atoms with Gasteiger partial charge in [0.1, 0.15) is 11.4 Å². The lowest BCUT2D eigenvalue weighted by molar-refractivity contribution is -0.267. The van der Waals surface area contributed by atoms with Crippen molar-refractivity contribution in [3.05, 3.63) is 71.5 Å². The second-order valence-corrected chi connectivity index (χ2v) is 5.69. The van der Waals surface area contributed by atoms with E-state index in [0.717, 1.165) is 5.56 Å². The Kier molecular flexibility index (Phi) is 4.52. The third kappa shape index (κ3) is 3.53. The van der Waals surface area contributed by atoms with Crippen LogP contribution in [-0.4, -0.2) is 18.8 Å². The Bertz CT molecular complexity index is 607. The zero-order chi connectivity index (χ0) is 15.4. The molecule has 0 amide bonds. The molecule has 1 heterocycles. The molecule has 0 spiro atoms. The van der Waals surface area contributed by atoms with Crippen LogP contribution >= 0.6 is 0 Å². The van der Waals surface area contributed by atoms with Crippen molar-refractivity contribution >= 4 is 0 Å². The van der Waals surface area contributed by atoms with E-state index in [1.54, 1.807) is 18.2 Å². The molecular formula is C18H19FO3. The number of hydrogen-bond donors (Lipinski definition) is 0. The van der Waals surface area contributed by atoms with Gasteiger partial charge in [-0.3, -0.25) is 0 Å². The molecular weight excluding hydrogens is 283 g/mol. The summed E-state index contributed by atoms with van der Waals surface area (Å²) in [5.41, 5.74) is 0.945. The third-order valence-corrected chi connectivity index (χ3v) is 3.69. The first-order valence-electron chi connectivity index (χ1n) is 7.32. The number of hydrogen-bond acceptors (Lipinski definition) is 3. The van der Waals surface area contributed by atoms with Crippen LogP contribution in [0.2, 0.25) is 0 Å². The SMILES string of the molecule is C[C@]1(OCc2ccccc2F)CO[C@@H](c2ccccc2)OC1. The van der Waals surface area contributed by atoms with Gasteiger partial charge in [0.05, 0.1) is 19.8 Å². The largest absolute Gasteiger partial charge is 0.366 e. The highest BCUT2D eigenvalue weighted by molar-refractivity contribution is 5.17. The second-order valence-electron chi connectivity index (χ2n) is 5.69. The predicted molar refractivity (Wildman–Crippen MR) is 80.7 cm³/mol. The van der Waals surface area contributed by atoms with E-state index in [4.69, 9.17) is 14.2 Å². The molecule has 1 saturated heterocycles. The predicted octanol–water partition coefficient (Wildman–Crippen LogP) is 3.85. The fourth-order valence-corrected chi connectivity index (χ4v) is 2.35. The number of rotatable bonds is 4. The maximum atomic E-state index is 13.6. The molecule has 22 heavy (non-hydrogen) atoms. The first-order valence-corrected chi connectivity index (χ1v) is 7.32. The van der Waals surface area contributed by atoms with Crippen LogP contribution in [0.15, 0.2) is 54.6 Å². The Hall–Kier alpha value is -1.75. The second kappa shape index (κ2) is 6.57. The van der Waals surface area contributed by atoms with Crippen LogP contribution in [0.3, 0.4) is 0 Å². The highest BCUT2D eigenvalue weighted by Gasteiger charge is 2.34. The molecule has 2 aromatic rings. The number of ether oxygens (including phenoxy) is 3. The van der Waals surface area contributed by atoms with Gasteiger partial charge in [0.25, 0.3) is 0 Å². The van der Waals surface area contributed by atoms with Gasteiger partial charge in [0, 0.05) is 11.1 Å². The maximum absolute atomic E-state index is 13.6. The number of halogens is 1. The molecule has 0 N–H and O–H groups in total.